The molecule has 26 heavy (non-hydrogen) atoms. The van der Waals surface area contributed by atoms with Crippen LogP contribution >= 0.6 is 0 Å². The molecule has 0 saturated heterocycles. The maximum Gasteiger partial charge on any atom is 0.154 e. The van der Waals surface area contributed by atoms with E-state index < -0.39 is 0 Å². The molecule has 134 valence electrons. The lowest BCUT2D eigenvalue weighted by Gasteiger charge is -2.09. The van der Waals surface area contributed by atoms with Gasteiger partial charge in [0.05, 0.1) is 0 Å². The van der Waals surface area contributed by atoms with E-state index in [1.165, 1.54) is 13.8 Å². The maximum absolute atomic E-state index is 11.1. The Bertz CT molecular complexity index is 771. The van der Waals surface area contributed by atoms with Gasteiger partial charge in [0.1, 0.15) is 0 Å². The van der Waals surface area contributed by atoms with Gasteiger partial charge in [-0.1, -0.05) is 24.3 Å². The van der Waals surface area contributed by atoms with Gasteiger partial charge in [-0.2, -0.15) is 0 Å². The molecular weight excluding hydrogens is 324 g/mol. The molecule has 0 saturated carbocycles. The number of hydrogen-bond donors (Lipinski definition) is 2. The normalized spacial score (nSPS) is 11.8. The van der Waals surface area contributed by atoms with Crippen LogP contribution in [0, 0.1) is 0 Å². The molecule has 0 aliphatic rings. The van der Waals surface area contributed by atoms with Gasteiger partial charge in [-0.05, 0) is 75.2 Å². The Balaban J connectivity index is 2.07. The zero-order valence-corrected chi connectivity index (χ0v) is 15.6. The van der Waals surface area contributed by atoms with Crippen molar-refractivity contribution in [3.8, 4) is 11.1 Å². The van der Waals surface area contributed by atoms with E-state index in [2.05, 4.69) is 10.6 Å². The molecule has 0 spiro atoms. The van der Waals surface area contributed by atoms with Gasteiger partial charge in [-0.25, -0.2) is 0 Å². The van der Waals surface area contributed by atoms with E-state index in [0.717, 1.165) is 33.9 Å². The smallest absolute Gasteiger partial charge is 0.154 e. The number of anilines is 2. The van der Waals surface area contributed by atoms with Crippen molar-refractivity contribution in [2.24, 2.45) is 0 Å². The zero-order valence-electron chi connectivity index (χ0n) is 15.6. The Labute approximate surface area is 154 Å². The molecule has 0 bridgehead atoms. The molecule has 0 fully saturated rings. The third-order valence-corrected chi connectivity index (χ3v) is 3.63. The number of benzene rings is 2. The molecule has 0 atom stereocenters. The van der Waals surface area contributed by atoms with Crippen molar-refractivity contribution >= 4 is 22.9 Å². The summed E-state index contributed by atoms with van der Waals surface area (Å²) in [7, 11) is 0. The maximum atomic E-state index is 11.1. The van der Waals surface area contributed by atoms with E-state index >= 15 is 0 Å². The second-order valence-corrected chi connectivity index (χ2v) is 6.28. The average Bonchev–Trinajstić information content (AvgIpc) is 2.54. The lowest BCUT2D eigenvalue weighted by molar-refractivity contribution is -0.113. The molecule has 2 aromatic carbocycles. The summed E-state index contributed by atoms with van der Waals surface area (Å²) in [6.07, 6.45) is 3.14. The standard InChI is InChI=1S/C22H24N2O2/c1-15(13-17(3)25)23-21-9-5-19(6-10-21)20-7-11-22(12-8-20)24-16(2)14-18(4)26/h5-14,23-24H,1-4H3. The summed E-state index contributed by atoms with van der Waals surface area (Å²) in [6.45, 7) is 6.79. The van der Waals surface area contributed by atoms with Crippen LogP contribution < -0.4 is 10.6 Å². The van der Waals surface area contributed by atoms with Crippen LogP contribution in [0.25, 0.3) is 11.1 Å². The first-order chi connectivity index (χ1) is 12.3. The molecule has 4 heteroatoms. The minimum absolute atomic E-state index is 0.0219. The van der Waals surface area contributed by atoms with Crippen LogP contribution in [0.3, 0.4) is 0 Å². The van der Waals surface area contributed by atoms with Gasteiger partial charge >= 0.3 is 0 Å². The van der Waals surface area contributed by atoms with E-state index in [0.29, 0.717) is 0 Å². The predicted octanol–water partition coefficient (Wildman–Crippen LogP) is 5.16. The van der Waals surface area contributed by atoms with Crippen LogP contribution in [0.1, 0.15) is 27.7 Å². The molecule has 0 aromatic heterocycles. The predicted molar refractivity (Wildman–Crippen MR) is 108 cm³/mol. The van der Waals surface area contributed by atoms with Crippen molar-refractivity contribution in [3.05, 3.63) is 72.1 Å². The van der Waals surface area contributed by atoms with Gasteiger partial charge in [0.25, 0.3) is 0 Å². The minimum Gasteiger partial charge on any atom is -0.359 e. The number of carbonyl (C=O) groups is 2. The Morgan fingerprint density at radius 3 is 1.19 bits per heavy atom. The summed E-state index contributed by atoms with van der Waals surface area (Å²) >= 11 is 0. The number of carbonyl (C=O) groups excluding carboxylic acids is 2. The second-order valence-electron chi connectivity index (χ2n) is 6.28. The first-order valence-corrected chi connectivity index (χ1v) is 8.46. The van der Waals surface area contributed by atoms with Crippen LogP contribution in [-0.2, 0) is 9.59 Å². The van der Waals surface area contributed by atoms with E-state index in [1.807, 2.05) is 62.4 Å². The fraction of sp³-hybridized carbons (Fsp3) is 0.182. The van der Waals surface area contributed by atoms with Gasteiger partial charge in [-0.15, -0.1) is 0 Å². The van der Waals surface area contributed by atoms with E-state index in [-0.39, 0.29) is 11.6 Å². The summed E-state index contributed by atoms with van der Waals surface area (Å²) in [4.78, 5) is 22.2. The van der Waals surface area contributed by atoms with E-state index in [9.17, 15) is 9.59 Å². The first kappa shape index (κ1) is 19.2. The van der Waals surface area contributed by atoms with Crippen LogP contribution in [0.5, 0.6) is 0 Å². The molecule has 0 aliphatic heterocycles. The topological polar surface area (TPSA) is 58.2 Å². The SMILES string of the molecule is CC(=O)C=C(C)Nc1ccc(-c2ccc(NC(C)=CC(C)=O)cc2)cc1. The average molecular weight is 348 g/mol. The van der Waals surface area contributed by atoms with Crippen molar-refractivity contribution in [2.75, 3.05) is 10.6 Å². The second kappa shape index (κ2) is 8.81. The molecule has 0 aliphatic carbocycles. The molecule has 0 unspecified atom stereocenters. The zero-order chi connectivity index (χ0) is 19.1. The third-order valence-electron chi connectivity index (χ3n) is 3.63. The van der Waals surface area contributed by atoms with Crippen LogP contribution in [0.15, 0.2) is 72.1 Å². The van der Waals surface area contributed by atoms with Crippen LogP contribution in [-0.4, -0.2) is 11.6 Å². The summed E-state index contributed by atoms with van der Waals surface area (Å²) in [5.41, 5.74) is 5.71. The Kier molecular flexibility index (Phi) is 6.50. The number of allylic oxidation sites excluding steroid dienone is 4. The van der Waals surface area contributed by atoms with Crippen LogP contribution in [0.4, 0.5) is 11.4 Å². The van der Waals surface area contributed by atoms with Gasteiger partial charge < -0.3 is 10.6 Å². The van der Waals surface area contributed by atoms with Crippen molar-refractivity contribution in [1.82, 2.24) is 0 Å². The highest BCUT2D eigenvalue weighted by molar-refractivity contribution is 5.88. The Morgan fingerprint density at radius 1 is 0.615 bits per heavy atom. The largest absolute Gasteiger partial charge is 0.359 e. The fourth-order valence-electron chi connectivity index (χ4n) is 2.63. The minimum atomic E-state index is 0.0219. The highest BCUT2D eigenvalue weighted by Crippen LogP contribution is 2.24. The summed E-state index contributed by atoms with van der Waals surface area (Å²) < 4.78 is 0. The Hall–Kier alpha value is -3.14. The highest BCUT2D eigenvalue weighted by atomic mass is 16.1. The van der Waals surface area contributed by atoms with Crippen molar-refractivity contribution in [3.63, 3.8) is 0 Å². The van der Waals surface area contributed by atoms with Crippen molar-refractivity contribution in [2.45, 2.75) is 27.7 Å². The van der Waals surface area contributed by atoms with E-state index in [1.54, 1.807) is 12.2 Å². The fourth-order valence-corrected chi connectivity index (χ4v) is 2.63. The lowest BCUT2D eigenvalue weighted by atomic mass is 10.0. The molecular formula is C22H24N2O2. The number of ketones is 2. The number of rotatable bonds is 7. The monoisotopic (exact) mass is 348 g/mol. The molecule has 2 N–H and O–H groups in total. The molecule has 0 amide bonds. The summed E-state index contributed by atoms with van der Waals surface area (Å²) in [5.74, 6) is 0.0439. The molecule has 0 heterocycles. The quantitative estimate of drug-likeness (QED) is 0.678. The van der Waals surface area contributed by atoms with Crippen LogP contribution in [0.2, 0.25) is 0 Å². The van der Waals surface area contributed by atoms with E-state index in [4.69, 9.17) is 0 Å². The van der Waals surface area contributed by atoms with Crippen molar-refractivity contribution in [1.29, 1.82) is 0 Å². The van der Waals surface area contributed by atoms with Gasteiger partial charge in [-0.3, -0.25) is 9.59 Å². The highest BCUT2D eigenvalue weighted by Gasteiger charge is 2.01. The van der Waals surface area contributed by atoms with Gasteiger partial charge in [0.2, 0.25) is 0 Å². The molecule has 4 nitrogen and oxygen atoms in total. The lowest BCUT2D eigenvalue weighted by Crippen LogP contribution is -1.98. The number of nitrogens with one attached hydrogen (secondary N) is 2. The summed E-state index contributed by atoms with van der Waals surface area (Å²) in [5, 5.41) is 6.39. The molecule has 2 rings (SSSR count). The van der Waals surface area contributed by atoms with Gasteiger partial charge in [0, 0.05) is 22.8 Å². The number of hydrogen-bond acceptors (Lipinski definition) is 4. The third kappa shape index (κ3) is 6.06. The van der Waals surface area contributed by atoms with Crippen molar-refractivity contribution < 1.29 is 9.59 Å². The first-order valence-electron chi connectivity index (χ1n) is 8.46. The summed E-state index contributed by atoms with van der Waals surface area (Å²) in [6, 6.07) is 16.1. The Morgan fingerprint density at radius 2 is 0.923 bits per heavy atom. The molecule has 2 aromatic rings. The van der Waals surface area contributed by atoms with Gasteiger partial charge in [0.15, 0.2) is 11.6 Å². The molecule has 0 radical (unpaired) electrons.